The average molecular weight is 245 g/mol. The van der Waals surface area contributed by atoms with Crippen LogP contribution < -0.4 is 5.32 Å². The number of rotatable bonds is 6. The van der Waals surface area contributed by atoms with Crippen LogP contribution in [0.25, 0.3) is 0 Å². The minimum atomic E-state index is -0.454. The summed E-state index contributed by atoms with van der Waals surface area (Å²) in [7, 11) is 0. The lowest BCUT2D eigenvalue weighted by molar-refractivity contribution is -0.384. The summed E-state index contributed by atoms with van der Waals surface area (Å²) in [5.74, 6) is 0. The SMILES string of the molecule is O=[N+]([O-])c1ccc(Cl)cc1NCCCCO. The number of benzene rings is 1. The molecule has 0 aliphatic rings. The lowest BCUT2D eigenvalue weighted by atomic mass is 10.2. The van der Waals surface area contributed by atoms with Crippen molar-refractivity contribution in [1.82, 2.24) is 0 Å². The van der Waals surface area contributed by atoms with E-state index in [-0.39, 0.29) is 12.3 Å². The molecule has 2 N–H and O–H groups in total. The molecular weight excluding hydrogens is 232 g/mol. The molecular formula is C10H13ClN2O3. The molecule has 0 aliphatic heterocycles. The molecule has 0 fully saturated rings. The number of unbranched alkanes of at least 4 members (excludes halogenated alkanes) is 1. The van der Waals surface area contributed by atoms with Gasteiger partial charge in [-0.25, -0.2) is 0 Å². The predicted octanol–water partition coefficient (Wildman–Crippen LogP) is 2.43. The standard InChI is InChI=1S/C10H13ClN2O3/c11-8-3-4-10(13(15)16)9(7-8)12-5-1-2-6-14/h3-4,7,12,14H,1-2,5-6H2. The van der Waals surface area contributed by atoms with Gasteiger partial charge in [-0.3, -0.25) is 10.1 Å². The number of anilines is 1. The Kier molecular flexibility index (Phi) is 5.01. The molecule has 1 aromatic rings. The van der Waals surface area contributed by atoms with Gasteiger partial charge in [-0.1, -0.05) is 11.6 Å². The van der Waals surface area contributed by atoms with Crippen molar-refractivity contribution in [3.63, 3.8) is 0 Å². The van der Waals surface area contributed by atoms with Gasteiger partial charge < -0.3 is 10.4 Å². The number of halogens is 1. The quantitative estimate of drug-likeness (QED) is 0.458. The summed E-state index contributed by atoms with van der Waals surface area (Å²) in [6.07, 6.45) is 1.42. The number of nitrogens with zero attached hydrogens (tertiary/aromatic N) is 1. The highest BCUT2D eigenvalue weighted by Gasteiger charge is 2.12. The smallest absolute Gasteiger partial charge is 0.292 e. The Hall–Kier alpha value is -1.33. The van der Waals surface area contributed by atoms with Crippen LogP contribution in [0, 0.1) is 10.1 Å². The van der Waals surface area contributed by atoms with E-state index < -0.39 is 4.92 Å². The molecule has 0 aliphatic carbocycles. The molecule has 16 heavy (non-hydrogen) atoms. The molecule has 0 heterocycles. The number of nitrogens with one attached hydrogen (secondary N) is 1. The van der Waals surface area contributed by atoms with E-state index in [1.54, 1.807) is 0 Å². The fourth-order valence-electron chi connectivity index (χ4n) is 1.27. The van der Waals surface area contributed by atoms with E-state index >= 15 is 0 Å². The van der Waals surface area contributed by atoms with Crippen molar-refractivity contribution in [2.75, 3.05) is 18.5 Å². The van der Waals surface area contributed by atoms with Gasteiger partial charge in [0.25, 0.3) is 5.69 Å². The van der Waals surface area contributed by atoms with Crippen LogP contribution >= 0.6 is 11.6 Å². The van der Waals surface area contributed by atoms with Gasteiger partial charge in [0.2, 0.25) is 0 Å². The number of aliphatic hydroxyl groups is 1. The Morgan fingerprint density at radius 1 is 1.44 bits per heavy atom. The maximum atomic E-state index is 10.7. The van der Waals surface area contributed by atoms with E-state index in [1.807, 2.05) is 0 Å². The molecule has 0 bridgehead atoms. The molecule has 0 atom stereocenters. The van der Waals surface area contributed by atoms with Crippen LogP contribution in [0.4, 0.5) is 11.4 Å². The molecule has 0 unspecified atom stereocenters. The zero-order chi connectivity index (χ0) is 12.0. The summed E-state index contributed by atoms with van der Waals surface area (Å²) in [6.45, 7) is 0.695. The van der Waals surface area contributed by atoms with Crippen LogP contribution in [0.2, 0.25) is 5.02 Å². The van der Waals surface area contributed by atoms with E-state index in [2.05, 4.69) is 5.32 Å². The summed E-state index contributed by atoms with van der Waals surface area (Å²) in [5, 5.41) is 22.7. The first-order valence-electron chi connectivity index (χ1n) is 4.94. The van der Waals surface area contributed by atoms with Crippen molar-refractivity contribution in [2.24, 2.45) is 0 Å². The highest BCUT2D eigenvalue weighted by Crippen LogP contribution is 2.27. The number of nitro benzene ring substituents is 1. The van der Waals surface area contributed by atoms with Crippen molar-refractivity contribution < 1.29 is 10.0 Å². The van der Waals surface area contributed by atoms with Crippen molar-refractivity contribution in [2.45, 2.75) is 12.8 Å². The molecule has 0 saturated heterocycles. The first kappa shape index (κ1) is 12.7. The zero-order valence-corrected chi connectivity index (χ0v) is 9.41. The molecule has 88 valence electrons. The predicted molar refractivity (Wildman–Crippen MR) is 62.9 cm³/mol. The number of hydrogen-bond acceptors (Lipinski definition) is 4. The second-order valence-electron chi connectivity index (χ2n) is 3.28. The minimum absolute atomic E-state index is 0.00778. The summed E-state index contributed by atoms with van der Waals surface area (Å²) in [6, 6.07) is 4.38. The number of hydrogen-bond donors (Lipinski definition) is 2. The van der Waals surface area contributed by atoms with Gasteiger partial charge in [-0.05, 0) is 25.0 Å². The third-order valence-corrected chi connectivity index (χ3v) is 2.29. The molecule has 0 spiro atoms. The largest absolute Gasteiger partial charge is 0.396 e. The Morgan fingerprint density at radius 2 is 2.19 bits per heavy atom. The average Bonchev–Trinajstić information content (AvgIpc) is 2.24. The van der Waals surface area contributed by atoms with Crippen LogP contribution in [0.3, 0.4) is 0 Å². The third-order valence-electron chi connectivity index (χ3n) is 2.06. The summed E-state index contributed by atoms with van der Waals surface area (Å²) < 4.78 is 0. The molecule has 5 nitrogen and oxygen atoms in total. The summed E-state index contributed by atoms with van der Waals surface area (Å²) in [5.41, 5.74) is 0.420. The van der Waals surface area contributed by atoms with Crippen molar-refractivity contribution in [3.8, 4) is 0 Å². The van der Waals surface area contributed by atoms with Gasteiger partial charge in [0.05, 0.1) is 4.92 Å². The Balaban J connectivity index is 2.68. The maximum absolute atomic E-state index is 10.7. The summed E-state index contributed by atoms with van der Waals surface area (Å²) >= 11 is 5.76. The Labute approximate surface area is 98.2 Å². The Bertz CT molecular complexity index is 371. The van der Waals surface area contributed by atoms with Crippen molar-refractivity contribution >= 4 is 23.0 Å². The molecule has 0 amide bonds. The second kappa shape index (κ2) is 6.30. The third kappa shape index (κ3) is 3.67. The van der Waals surface area contributed by atoms with Crippen LogP contribution in [-0.4, -0.2) is 23.2 Å². The van der Waals surface area contributed by atoms with E-state index in [0.29, 0.717) is 23.7 Å². The highest BCUT2D eigenvalue weighted by molar-refractivity contribution is 6.31. The second-order valence-corrected chi connectivity index (χ2v) is 3.71. The lowest BCUT2D eigenvalue weighted by Gasteiger charge is -2.06. The lowest BCUT2D eigenvalue weighted by Crippen LogP contribution is -2.04. The molecule has 0 radical (unpaired) electrons. The van der Waals surface area contributed by atoms with Gasteiger partial charge in [0.1, 0.15) is 5.69 Å². The number of aliphatic hydroxyl groups excluding tert-OH is 1. The van der Waals surface area contributed by atoms with Gasteiger partial charge in [-0.15, -0.1) is 0 Å². The molecule has 0 saturated carbocycles. The first-order valence-corrected chi connectivity index (χ1v) is 5.31. The minimum Gasteiger partial charge on any atom is -0.396 e. The van der Waals surface area contributed by atoms with Crippen LogP contribution in [-0.2, 0) is 0 Å². The molecule has 0 aromatic heterocycles. The molecule has 1 rings (SSSR count). The van der Waals surface area contributed by atoms with E-state index in [0.717, 1.165) is 6.42 Å². The van der Waals surface area contributed by atoms with Gasteiger partial charge in [-0.2, -0.15) is 0 Å². The summed E-state index contributed by atoms with van der Waals surface area (Å²) in [4.78, 5) is 10.3. The van der Waals surface area contributed by atoms with Crippen LogP contribution in [0.5, 0.6) is 0 Å². The highest BCUT2D eigenvalue weighted by atomic mass is 35.5. The zero-order valence-electron chi connectivity index (χ0n) is 8.65. The van der Waals surface area contributed by atoms with Crippen molar-refractivity contribution in [3.05, 3.63) is 33.3 Å². The van der Waals surface area contributed by atoms with Gasteiger partial charge >= 0.3 is 0 Å². The first-order chi connectivity index (χ1) is 7.65. The van der Waals surface area contributed by atoms with E-state index in [4.69, 9.17) is 16.7 Å². The van der Waals surface area contributed by atoms with Crippen molar-refractivity contribution in [1.29, 1.82) is 0 Å². The number of nitro groups is 1. The van der Waals surface area contributed by atoms with Crippen LogP contribution in [0.1, 0.15) is 12.8 Å². The van der Waals surface area contributed by atoms with Gasteiger partial charge in [0.15, 0.2) is 0 Å². The van der Waals surface area contributed by atoms with Crippen LogP contribution in [0.15, 0.2) is 18.2 Å². The van der Waals surface area contributed by atoms with E-state index in [1.165, 1.54) is 18.2 Å². The van der Waals surface area contributed by atoms with E-state index in [9.17, 15) is 10.1 Å². The molecule has 6 heteroatoms. The topological polar surface area (TPSA) is 75.4 Å². The van der Waals surface area contributed by atoms with Gasteiger partial charge in [0, 0.05) is 24.2 Å². The maximum Gasteiger partial charge on any atom is 0.292 e. The Morgan fingerprint density at radius 3 is 2.81 bits per heavy atom. The molecule has 1 aromatic carbocycles. The normalized spacial score (nSPS) is 10.1. The monoisotopic (exact) mass is 244 g/mol. The fraction of sp³-hybridized carbons (Fsp3) is 0.400. The fourth-order valence-corrected chi connectivity index (χ4v) is 1.44.